The first-order valence-corrected chi connectivity index (χ1v) is 14.6. The number of hydrogen-bond donors (Lipinski definition) is 8. The molecule has 0 aromatic carbocycles. The number of phosphoric acid groups is 3. The van der Waals surface area contributed by atoms with Crippen molar-refractivity contribution >= 4 is 40.6 Å². The monoisotopic (exact) mass is 591 g/mol. The summed E-state index contributed by atoms with van der Waals surface area (Å²) in [6.45, 7) is 4.40. The molecule has 0 spiro atoms. The Hall–Kier alpha value is -1.82. The molecule has 1 aliphatic heterocycles. The number of ether oxygens (including phenoxy) is 1. The molecule has 22 heteroatoms. The first kappa shape index (κ1) is 29.7. The molecule has 1 saturated heterocycles. The van der Waals surface area contributed by atoms with E-state index in [-0.39, 0.29) is 30.0 Å². The quantitative estimate of drug-likeness (QED) is 0.117. The topological polar surface area (TPSA) is 299 Å². The molecule has 0 aliphatic carbocycles. The summed E-state index contributed by atoms with van der Waals surface area (Å²) in [5.41, 5.74) is 3.37. The molecule has 6 atom stereocenters. The molecule has 0 radical (unpaired) electrons. The fraction of sp³-hybridized carbons (Fsp3) is 0.533. The average Bonchev–Trinajstić information content (AvgIpc) is 3.23. The summed E-state index contributed by atoms with van der Waals surface area (Å²) >= 11 is 0. The summed E-state index contributed by atoms with van der Waals surface area (Å²) in [7, 11) is -16.9. The van der Waals surface area contributed by atoms with E-state index in [9.17, 15) is 38.5 Å². The molecule has 2 unspecified atom stereocenters. The summed E-state index contributed by atoms with van der Waals surface area (Å²) in [4.78, 5) is 58.6. The smallest absolute Gasteiger partial charge is 0.387 e. The molecule has 2 aromatic heterocycles. The van der Waals surface area contributed by atoms with E-state index in [1.165, 1.54) is 0 Å². The lowest BCUT2D eigenvalue weighted by Crippen LogP contribution is -2.45. The van der Waals surface area contributed by atoms with Crippen LogP contribution in [0.2, 0.25) is 0 Å². The Balaban J connectivity index is 1.91. The minimum Gasteiger partial charge on any atom is -0.387 e. The first-order valence-electron chi connectivity index (χ1n) is 10.1. The van der Waals surface area contributed by atoms with Crippen molar-refractivity contribution in [3.05, 3.63) is 28.8 Å². The standard InChI is InChI=1S/C15H24N5O14P3/c1-7(2)3-4-15(20-6-17-9-12(20)18-14(16)19-13(9)23)11(22)10(21)8(32-15)5-31-36(27,28)34-37(29,30)33-35(24,25)26/h6,8,10-11,21-22H,1,3-5H2,2H3,(H,27,28)(H,29,30)(H2,24,25,26)(H3,16,18,19,23)/t8-,10-,11-,15-/m1/s1. The van der Waals surface area contributed by atoms with Crippen molar-refractivity contribution in [3.63, 3.8) is 0 Å². The van der Waals surface area contributed by atoms with Crippen LogP contribution in [0.3, 0.4) is 0 Å². The van der Waals surface area contributed by atoms with Crippen LogP contribution >= 0.6 is 23.5 Å². The number of aliphatic hydroxyl groups excluding tert-OH is 2. The van der Waals surface area contributed by atoms with Crippen molar-refractivity contribution in [3.8, 4) is 0 Å². The Morgan fingerprint density at radius 3 is 2.49 bits per heavy atom. The summed E-state index contributed by atoms with van der Waals surface area (Å²) in [5, 5.41) is 21.6. The van der Waals surface area contributed by atoms with Gasteiger partial charge in [-0.25, -0.2) is 18.7 Å². The minimum absolute atomic E-state index is 0.0772. The van der Waals surface area contributed by atoms with Gasteiger partial charge in [0.05, 0.1) is 12.9 Å². The molecule has 1 aliphatic rings. The van der Waals surface area contributed by atoms with Crippen molar-refractivity contribution in [2.24, 2.45) is 0 Å². The summed E-state index contributed by atoms with van der Waals surface area (Å²) in [5.74, 6) is -0.286. The highest BCUT2D eigenvalue weighted by atomic mass is 31.3. The molecule has 37 heavy (non-hydrogen) atoms. The second kappa shape index (κ2) is 10.4. The number of nitrogens with two attached hydrogens (primary N) is 1. The number of aromatic nitrogens is 4. The molecule has 2 aromatic rings. The predicted molar refractivity (Wildman–Crippen MR) is 121 cm³/mol. The Morgan fingerprint density at radius 2 is 1.89 bits per heavy atom. The zero-order chi connectivity index (χ0) is 28.0. The Bertz CT molecular complexity index is 1390. The second-order valence-electron chi connectivity index (χ2n) is 8.02. The van der Waals surface area contributed by atoms with Gasteiger partial charge >= 0.3 is 23.5 Å². The second-order valence-corrected chi connectivity index (χ2v) is 12.4. The number of H-pyrrole nitrogens is 1. The maximum Gasteiger partial charge on any atom is 0.490 e. The largest absolute Gasteiger partial charge is 0.490 e. The van der Waals surface area contributed by atoms with Gasteiger partial charge in [-0.3, -0.25) is 18.9 Å². The molecule has 208 valence electrons. The maximum absolute atomic E-state index is 12.2. The van der Waals surface area contributed by atoms with Gasteiger partial charge < -0.3 is 40.3 Å². The Labute approximate surface area is 207 Å². The molecule has 0 saturated carbocycles. The van der Waals surface area contributed by atoms with Crippen LogP contribution in [0.4, 0.5) is 5.95 Å². The van der Waals surface area contributed by atoms with E-state index < -0.39 is 59.7 Å². The molecular weight excluding hydrogens is 567 g/mol. The number of fused-ring (bicyclic) bond motifs is 1. The molecular formula is C15H24N5O14P3. The molecule has 9 N–H and O–H groups in total. The Morgan fingerprint density at radius 1 is 1.24 bits per heavy atom. The number of aliphatic hydroxyl groups is 2. The number of anilines is 1. The number of nitrogens with zero attached hydrogens (tertiary/aromatic N) is 3. The zero-order valence-corrected chi connectivity index (χ0v) is 21.5. The van der Waals surface area contributed by atoms with Crippen LogP contribution in [0.5, 0.6) is 0 Å². The molecule has 0 amide bonds. The fourth-order valence-corrected chi connectivity index (χ4v) is 6.63. The molecule has 3 heterocycles. The van der Waals surface area contributed by atoms with Crippen molar-refractivity contribution in [2.45, 2.75) is 43.8 Å². The van der Waals surface area contributed by atoms with Gasteiger partial charge in [-0.05, 0) is 13.3 Å². The van der Waals surface area contributed by atoms with Crippen molar-refractivity contribution in [1.82, 2.24) is 19.5 Å². The highest BCUT2D eigenvalue weighted by Crippen LogP contribution is 2.66. The lowest BCUT2D eigenvalue weighted by Gasteiger charge is -2.34. The molecule has 1 fully saturated rings. The van der Waals surface area contributed by atoms with Crippen LogP contribution in [0.1, 0.15) is 19.8 Å². The number of nitrogens with one attached hydrogen (secondary N) is 1. The van der Waals surface area contributed by atoms with Gasteiger partial charge in [0.25, 0.3) is 5.56 Å². The lowest BCUT2D eigenvalue weighted by atomic mass is 9.95. The SMILES string of the molecule is C=C(C)CC[C@@]1(n2cnc3c(=O)[nH]c(N)nc32)O[C@H](COP(=O)(O)OP(=O)(O)OP(=O)(O)O)[C@@H](O)[C@H]1O. The van der Waals surface area contributed by atoms with E-state index in [2.05, 4.69) is 34.7 Å². The number of hydrogen-bond acceptors (Lipinski definition) is 13. The molecule has 3 rings (SSSR count). The van der Waals surface area contributed by atoms with E-state index in [1.54, 1.807) is 6.92 Å². The van der Waals surface area contributed by atoms with Crippen molar-refractivity contribution < 1.29 is 61.4 Å². The summed E-state index contributed by atoms with van der Waals surface area (Å²) < 4.78 is 53.1. The summed E-state index contributed by atoms with van der Waals surface area (Å²) in [6, 6.07) is 0. The third-order valence-corrected chi connectivity index (χ3v) is 8.89. The van der Waals surface area contributed by atoms with Crippen LogP contribution in [0.25, 0.3) is 11.2 Å². The minimum atomic E-state index is -5.78. The predicted octanol–water partition coefficient (Wildman–Crippen LogP) is -0.825. The third kappa shape index (κ3) is 6.79. The van der Waals surface area contributed by atoms with Gasteiger partial charge in [-0.1, -0.05) is 5.57 Å². The van der Waals surface area contributed by atoms with Crippen molar-refractivity contribution in [1.29, 1.82) is 0 Å². The van der Waals surface area contributed by atoms with E-state index in [0.29, 0.717) is 5.57 Å². The third-order valence-electron chi connectivity index (χ3n) is 5.08. The molecule has 19 nitrogen and oxygen atoms in total. The van der Waals surface area contributed by atoms with Crippen LogP contribution < -0.4 is 11.3 Å². The number of allylic oxidation sites excluding steroid dienone is 1. The summed E-state index contributed by atoms with van der Waals surface area (Å²) in [6.07, 6.45) is -3.94. The van der Waals surface area contributed by atoms with Crippen LogP contribution in [-0.2, 0) is 37.3 Å². The fourth-order valence-electron chi connectivity index (χ4n) is 3.60. The lowest BCUT2D eigenvalue weighted by molar-refractivity contribution is -0.149. The Kier molecular flexibility index (Phi) is 8.35. The number of nitrogen functional groups attached to an aromatic ring is 1. The van der Waals surface area contributed by atoms with Gasteiger partial charge in [0.2, 0.25) is 5.95 Å². The van der Waals surface area contributed by atoms with Crippen molar-refractivity contribution in [2.75, 3.05) is 12.3 Å². The number of imidazole rings is 1. The van der Waals surface area contributed by atoms with Crippen LogP contribution in [0.15, 0.2) is 23.3 Å². The van der Waals surface area contributed by atoms with Gasteiger partial charge in [0.1, 0.15) is 18.3 Å². The first-order chi connectivity index (χ1) is 16.9. The zero-order valence-electron chi connectivity index (χ0n) is 18.8. The highest BCUT2D eigenvalue weighted by molar-refractivity contribution is 7.66. The highest BCUT2D eigenvalue weighted by Gasteiger charge is 2.56. The van der Waals surface area contributed by atoms with E-state index in [4.69, 9.17) is 20.3 Å². The van der Waals surface area contributed by atoms with Crippen LogP contribution in [0, 0.1) is 0 Å². The van der Waals surface area contributed by atoms with Gasteiger partial charge in [0.15, 0.2) is 16.9 Å². The normalized spacial score (nSPS) is 27.7. The maximum atomic E-state index is 12.2. The average molecular weight is 591 g/mol. The van der Waals surface area contributed by atoms with E-state index in [1.807, 2.05) is 0 Å². The van der Waals surface area contributed by atoms with Gasteiger partial charge in [0, 0.05) is 6.42 Å². The number of phosphoric ester groups is 1. The number of aromatic amines is 1. The van der Waals surface area contributed by atoms with Gasteiger partial charge in [-0.2, -0.15) is 13.6 Å². The van der Waals surface area contributed by atoms with E-state index >= 15 is 0 Å². The number of rotatable bonds is 11. The van der Waals surface area contributed by atoms with E-state index in [0.717, 1.165) is 10.9 Å². The van der Waals surface area contributed by atoms with Crippen LogP contribution in [-0.4, -0.2) is 74.2 Å². The van der Waals surface area contributed by atoms with Gasteiger partial charge in [-0.15, -0.1) is 6.58 Å². The molecule has 0 bridgehead atoms.